The van der Waals surface area contributed by atoms with Gasteiger partial charge in [-0.25, -0.2) is 12.7 Å². The van der Waals surface area contributed by atoms with E-state index in [4.69, 9.17) is 5.73 Å². The van der Waals surface area contributed by atoms with Crippen LogP contribution in [-0.4, -0.2) is 48.5 Å². The SMILES string of the molecule is CC1CN(S(=O)(=O)CCSc2ccccc2N)CCC1O. The number of benzene rings is 1. The number of anilines is 1. The molecule has 0 aliphatic carbocycles. The number of rotatable bonds is 5. The maximum Gasteiger partial charge on any atom is 0.214 e. The summed E-state index contributed by atoms with van der Waals surface area (Å²) in [6.45, 7) is 2.69. The Morgan fingerprint density at radius 2 is 2.14 bits per heavy atom. The molecule has 1 saturated heterocycles. The number of sulfonamides is 1. The topological polar surface area (TPSA) is 83.6 Å². The highest BCUT2D eigenvalue weighted by Gasteiger charge is 2.31. The largest absolute Gasteiger partial charge is 0.398 e. The second kappa shape index (κ2) is 7.00. The fourth-order valence-electron chi connectivity index (χ4n) is 2.35. The number of aliphatic hydroxyl groups excluding tert-OH is 1. The molecular formula is C14H22N2O3S2. The number of piperidine rings is 1. The molecule has 5 nitrogen and oxygen atoms in total. The minimum atomic E-state index is -3.26. The molecule has 3 N–H and O–H groups in total. The standard InChI is InChI=1S/C14H22N2O3S2/c1-11-10-16(7-6-13(11)17)21(18,19)9-8-20-14-5-3-2-4-12(14)15/h2-5,11,13,17H,6-10,15H2,1H3. The molecule has 0 aromatic heterocycles. The molecule has 1 aliphatic heterocycles. The van der Waals surface area contributed by atoms with Gasteiger partial charge in [0.05, 0.1) is 11.9 Å². The van der Waals surface area contributed by atoms with Crippen LogP contribution in [0, 0.1) is 5.92 Å². The summed E-state index contributed by atoms with van der Waals surface area (Å²) >= 11 is 1.46. The van der Waals surface area contributed by atoms with E-state index in [9.17, 15) is 13.5 Å². The summed E-state index contributed by atoms with van der Waals surface area (Å²) in [5.41, 5.74) is 6.51. The van der Waals surface area contributed by atoms with Crippen molar-refractivity contribution in [3.63, 3.8) is 0 Å². The molecule has 1 heterocycles. The molecule has 2 rings (SSSR count). The summed E-state index contributed by atoms with van der Waals surface area (Å²) in [6.07, 6.45) is 0.119. The third kappa shape index (κ3) is 4.35. The summed E-state index contributed by atoms with van der Waals surface area (Å²) in [5, 5.41) is 9.68. The molecule has 0 bridgehead atoms. The maximum absolute atomic E-state index is 12.3. The number of aliphatic hydroxyl groups is 1. The molecule has 118 valence electrons. The Labute approximate surface area is 130 Å². The molecular weight excluding hydrogens is 308 g/mol. The lowest BCUT2D eigenvalue weighted by molar-refractivity contribution is 0.0629. The fraction of sp³-hybridized carbons (Fsp3) is 0.571. The summed E-state index contributed by atoms with van der Waals surface area (Å²) in [6, 6.07) is 7.45. The predicted molar refractivity (Wildman–Crippen MR) is 86.7 cm³/mol. The van der Waals surface area contributed by atoms with Crippen molar-refractivity contribution < 1.29 is 13.5 Å². The van der Waals surface area contributed by atoms with Gasteiger partial charge in [0.25, 0.3) is 0 Å². The third-order valence-electron chi connectivity index (χ3n) is 3.73. The number of nitrogens with zero attached hydrogens (tertiary/aromatic N) is 1. The second-order valence-electron chi connectivity index (χ2n) is 5.39. The van der Waals surface area contributed by atoms with Crippen molar-refractivity contribution >= 4 is 27.5 Å². The molecule has 0 saturated carbocycles. The van der Waals surface area contributed by atoms with E-state index >= 15 is 0 Å². The molecule has 7 heteroatoms. The van der Waals surface area contributed by atoms with Crippen LogP contribution in [0.15, 0.2) is 29.2 Å². The number of thioether (sulfide) groups is 1. The van der Waals surface area contributed by atoms with Crippen LogP contribution in [-0.2, 0) is 10.0 Å². The Hall–Kier alpha value is -0.760. The Morgan fingerprint density at radius 1 is 1.43 bits per heavy atom. The van der Waals surface area contributed by atoms with E-state index in [0.717, 1.165) is 4.90 Å². The van der Waals surface area contributed by atoms with Gasteiger partial charge in [-0.2, -0.15) is 0 Å². The van der Waals surface area contributed by atoms with Crippen LogP contribution >= 0.6 is 11.8 Å². The van der Waals surface area contributed by atoms with Gasteiger partial charge in [0, 0.05) is 29.4 Å². The van der Waals surface area contributed by atoms with E-state index in [1.165, 1.54) is 16.1 Å². The van der Waals surface area contributed by atoms with E-state index in [-0.39, 0.29) is 11.7 Å². The zero-order valence-corrected chi connectivity index (χ0v) is 13.7. The van der Waals surface area contributed by atoms with E-state index in [2.05, 4.69) is 0 Å². The average Bonchev–Trinajstić information content (AvgIpc) is 2.44. The molecule has 1 aromatic carbocycles. The average molecular weight is 330 g/mol. The van der Waals surface area contributed by atoms with Crippen molar-refractivity contribution in [3.05, 3.63) is 24.3 Å². The number of nitrogens with two attached hydrogens (primary N) is 1. The van der Waals surface area contributed by atoms with Crippen LogP contribution in [0.3, 0.4) is 0 Å². The minimum absolute atomic E-state index is 0.00838. The molecule has 0 spiro atoms. The lowest BCUT2D eigenvalue weighted by Crippen LogP contribution is -2.45. The predicted octanol–water partition coefficient (Wildman–Crippen LogP) is 1.39. The van der Waals surface area contributed by atoms with Crippen LogP contribution in [0.25, 0.3) is 0 Å². The van der Waals surface area contributed by atoms with Crippen LogP contribution < -0.4 is 5.73 Å². The molecule has 0 radical (unpaired) electrons. The maximum atomic E-state index is 12.3. The quantitative estimate of drug-likeness (QED) is 0.630. The van der Waals surface area contributed by atoms with Gasteiger partial charge in [-0.1, -0.05) is 19.1 Å². The van der Waals surface area contributed by atoms with Crippen molar-refractivity contribution in [2.24, 2.45) is 5.92 Å². The smallest absolute Gasteiger partial charge is 0.214 e. The monoisotopic (exact) mass is 330 g/mol. The van der Waals surface area contributed by atoms with Crippen molar-refractivity contribution in [1.29, 1.82) is 0 Å². The Kier molecular flexibility index (Phi) is 5.54. The lowest BCUT2D eigenvalue weighted by Gasteiger charge is -2.33. The van der Waals surface area contributed by atoms with Crippen LogP contribution in [0.2, 0.25) is 0 Å². The molecule has 21 heavy (non-hydrogen) atoms. The first-order valence-corrected chi connectivity index (χ1v) is 9.63. The zero-order valence-electron chi connectivity index (χ0n) is 12.1. The first-order chi connectivity index (χ1) is 9.90. The molecule has 0 amide bonds. The Bertz CT molecular complexity index is 577. The van der Waals surface area contributed by atoms with Crippen molar-refractivity contribution in [3.8, 4) is 0 Å². The zero-order chi connectivity index (χ0) is 15.5. The molecule has 2 unspecified atom stereocenters. The van der Waals surface area contributed by atoms with E-state index in [1.807, 2.05) is 31.2 Å². The van der Waals surface area contributed by atoms with Crippen LogP contribution in [0.1, 0.15) is 13.3 Å². The highest BCUT2D eigenvalue weighted by molar-refractivity contribution is 8.00. The molecule has 1 aromatic rings. The van der Waals surface area contributed by atoms with Crippen LogP contribution in [0.5, 0.6) is 0 Å². The number of nitrogen functional groups attached to an aromatic ring is 1. The van der Waals surface area contributed by atoms with E-state index < -0.39 is 16.1 Å². The molecule has 1 aliphatic rings. The van der Waals surface area contributed by atoms with E-state index in [1.54, 1.807) is 0 Å². The lowest BCUT2D eigenvalue weighted by atomic mass is 9.99. The second-order valence-corrected chi connectivity index (χ2v) is 8.62. The van der Waals surface area contributed by atoms with Gasteiger partial charge in [-0.05, 0) is 24.5 Å². The van der Waals surface area contributed by atoms with Crippen molar-refractivity contribution in [1.82, 2.24) is 4.31 Å². The summed E-state index contributed by atoms with van der Waals surface area (Å²) in [7, 11) is -3.26. The number of hydrogen-bond acceptors (Lipinski definition) is 5. The summed E-state index contributed by atoms with van der Waals surface area (Å²) < 4.78 is 26.1. The first kappa shape index (κ1) is 16.6. The van der Waals surface area contributed by atoms with Crippen LogP contribution in [0.4, 0.5) is 5.69 Å². The molecule has 2 atom stereocenters. The highest BCUT2D eigenvalue weighted by Crippen LogP contribution is 2.25. The number of hydrogen-bond donors (Lipinski definition) is 2. The Balaban J connectivity index is 1.89. The van der Waals surface area contributed by atoms with Gasteiger partial charge in [-0.15, -0.1) is 11.8 Å². The van der Waals surface area contributed by atoms with Gasteiger partial charge < -0.3 is 10.8 Å². The third-order valence-corrected chi connectivity index (χ3v) is 6.92. The van der Waals surface area contributed by atoms with Gasteiger partial charge in [0.2, 0.25) is 10.0 Å². The van der Waals surface area contributed by atoms with Crippen molar-refractivity contribution in [2.75, 3.05) is 30.3 Å². The highest BCUT2D eigenvalue weighted by atomic mass is 32.2. The fourth-order valence-corrected chi connectivity index (χ4v) is 5.25. The number of para-hydroxylation sites is 1. The van der Waals surface area contributed by atoms with Gasteiger partial charge in [0.1, 0.15) is 0 Å². The normalized spacial score (nSPS) is 24.1. The Morgan fingerprint density at radius 3 is 2.81 bits per heavy atom. The van der Waals surface area contributed by atoms with Crippen molar-refractivity contribution in [2.45, 2.75) is 24.3 Å². The van der Waals surface area contributed by atoms with E-state index in [0.29, 0.717) is 31.0 Å². The summed E-state index contributed by atoms with van der Waals surface area (Å²) in [4.78, 5) is 0.912. The minimum Gasteiger partial charge on any atom is -0.398 e. The van der Waals surface area contributed by atoms with Gasteiger partial charge >= 0.3 is 0 Å². The van der Waals surface area contributed by atoms with Gasteiger partial charge in [0.15, 0.2) is 0 Å². The summed E-state index contributed by atoms with van der Waals surface area (Å²) in [5.74, 6) is 0.560. The van der Waals surface area contributed by atoms with Gasteiger partial charge in [-0.3, -0.25) is 0 Å². The molecule has 1 fully saturated rings. The first-order valence-electron chi connectivity index (χ1n) is 7.03.